The van der Waals surface area contributed by atoms with Gasteiger partial charge < -0.3 is 0 Å². The molecule has 0 saturated carbocycles. The van der Waals surface area contributed by atoms with E-state index in [0.29, 0.717) is 0 Å². The smallest absolute Gasteiger partial charge is 0.0484 e. The molecule has 2 aromatic rings. The van der Waals surface area contributed by atoms with Crippen LogP contribution in [0, 0.1) is 0 Å². The zero-order valence-corrected chi connectivity index (χ0v) is 7.88. The van der Waals surface area contributed by atoms with Gasteiger partial charge in [-0.15, -0.1) is 0 Å². The maximum Gasteiger partial charge on any atom is 0.0484 e. The molecule has 0 amide bonds. The Balaban J connectivity index is 2.91. The van der Waals surface area contributed by atoms with Crippen LogP contribution in [0.25, 0.3) is 16.8 Å². The molecule has 0 unspecified atom stereocenters. The van der Waals surface area contributed by atoms with Crippen molar-refractivity contribution in [2.24, 2.45) is 0 Å². The first-order valence-electron chi connectivity index (χ1n) is 4.12. The molecule has 0 aliphatic carbocycles. The maximum absolute atomic E-state index is 6.03. The fraction of sp³-hybridized carbons (Fsp3) is 0. The molecular weight excluding hydrogens is 180 g/mol. The predicted molar refractivity (Wildman–Crippen MR) is 59.0 cm³/mol. The SMILES string of the molecule is C=Cc1c(Cl)ccc2ccccc12. The number of benzene rings is 2. The number of halogens is 1. The highest BCUT2D eigenvalue weighted by atomic mass is 35.5. The molecule has 0 atom stereocenters. The molecular formula is C12H9Cl. The third-order valence-corrected chi connectivity index (χ3v) is 2.45. The minimum atomic E-state index is 0.758. The lowest BCUT2D eigenvalue weighted by atomic mass is 10.0. The Morgan fingerprint density at radius 1 is 1.08 bits per heavy atom. The highest BCUT2D eigenvalue weighted by Crippen LogP contribution is 2.26. The fourth-order valence-electron chi connectivity index (χ4n) is 1.48. The van der Waals surface area contributed by atoms with Gasteiger partial charge >= 0.3 is 0 Å². The van der Waals surface area contributed by atoms with Crippen LogP contribution in [0.5, 0.6) is 0 Å². The Hall–Kier alpha value is -1.27. The average Bonchev–Trinajstić information content (AvgIpc) is 2.18. The summed E-state index contributed by atoms with van der Waals surface area (Å²) in [5.41, 5.74) is 1.01. The van der Waals surface area contributed by atoms with E-state index < -0.39 is 0 Å². The molecule has 0 heterocycles. The Morgan fingerprint density at radius 2 is 1.85 bits per heavy atom. The van der Waals surface area contributed by atoms with Gasteiger partial charge in [0.05, 0.1) is 0 Å². The lowest BCUT2D eigenvalue weighted by molar-refractivity contribution is 1.71. The fourth-order valence-corrected chi connectivity index (χ4v) is 1.72. The summed E-state index contributed by atoms with van der Waals surface area (Å²) in [6.45, 7) is 3.76. The summed E-state index contributed by atoms with van der Waals surface area (Å²) >= 11 is 6.03. The molecule has 0 nitrogen and oxygen atoms in total. The minimum Gasteiger partial charge on any atom is -0.0984 e. The van der Waals surface area contributed by atoms with Gasteiger partial charge in [0.1, 0.15) is 0 Å². The molecule has 0 saturated heterocycles. The van der Waals surface area contributed by atoms with E-state index in [0.717, 1.165) is 16.0 Å². The van der Waals surface area contributed by atoms with Crippen LogP contribution < -0.4 is 0 Å². The molecule has 0 N–H and O–H groups in total. The Labute approximate surface area is 82.5 Å². The van der Waals surface area contributed by atoms with E-state index in [1.54, 1.807) is 6.08 Å². The summed E-state index contributed by atoms with van der Waals surface area (Å²) in [7, 11) is 0. The Bertz CT molecular complexity index is 458. The third kappa shape index (κ3) is 1.34. The van der Waals surface area contributed by atoms with E-state index in [2.05, 4.69) is 18.7 Å². The summed E-state index contributed by atoms with van der Waals surface area (Å²) in [6.07, 6.45) is 1.80. The molecule has 64 valence electrons. The topological polar surface area (TPSA) is 0 Å². The Morgan fingerprint density at radius 3 is 2.62 bits per heavy atom. The molecule has 0 aliphatic heterocycles. The van der Waals surface area contributed by atoms with Crippen molar-refractivity contribution < 1.29 is 0 Å². The van der Waals surface area contributed by atoms with Crippen molar-refractivity contribution in [3.8, 4) is 0 Å². The van der Waals surface area contributed by atoms with Crippen molar-refractivity contribution in [2.75, 3.05) is 0 Å². The molecule has 1 heteroatoms. The largest absolute Gasteiger partial charge is 0.0984 e. The Kier molecular flexibility index (Phi) is 2.07. The van der Waals surface area contributed by atoms with Crippen LogP contribution >= 0.6 is 11.6 Å². The van der Waals surface area contributed by atoms with Crippen LogP contribution in [0.2, 0.25) is 5.02 Å². The lowest BCUT2D eigenvalue weighted by Gasteiger charge is -2.03. The molecule has 0 aliphatic rings. The molecule has 0 aromatic heterocycles. The van der Waals surface area contributed by atoms with E-state index in [1.807, 2.05) is 24.3 Å². The van der Waals surface area contributed by atoms with Crippen molar-refractivity contribution in [1.29, 1.82) is 0 Å². The zero-order chi connectivity index (χ0) is 9.26. The van der Waals surface area contributed by atoms with Crippen LogP contribution in [0.4, 0.5) is 0 Å². The predicted octanol–water partition coefficient (Wildman–Crippen LogP) is 4.14. The molecule has 0 radical (unpaired) electrons. The van der Waals surface area contributed by atoms with E-state index >= 15 is 0 Å². The molecule has 2 rings (SSSR count). The van der Waals surface area contributed by atoms with E-state index in [1.165, 1.54) is 5.39 Å². The van der Waals surface area contributed by atoms with Crippen molar-refractivity contribution in [3.05, 3.63) is 53.6 Å². The second kappa shape index (κ2) is 3.23. The lowest BCUT2D eigenvalue weighted by Crippen LogP contribution is -1.79. The van der Waals surface area contributed by atoms with E-state index in [-0.39, 0.29) is 0 Å². The van der Waals surface area contributed by atoms with Crippen LogP contribution in [0.15, 0.2) is 43.0 Å². The second-order valence-corrected chi connectivity index (χ2v) is 3.29. The first-order valence-corrected chi connectivity index (χ1v) is 4.50. The van der Waals surface area contributed by atoms with Crippen LogP contribution in [0.3, 0.4) is 0 Å². The van der Waals surface area contributed by atoms with Gasteiger partial charge in [0.2, 0.25) is 0 Å². The number of fused-ring (bicyclic) bond motifs is 1. The van der Waals surface area contributed by atoms with Gasteiger partial charge in [-0.05, 0) is 16.8 Å². The van der Waals surface area contributed by atoms with Crippen LogP contribution in [0.1, 0.15) is 5.56 Å². The normalized spacial score (nSPS) is 10.2. The van der Waals surface area contributed by atoms with Gasteiger partial charge in [-0.25, -0.2) is 0 Å². The maximum atomic E-state index is 6.03. The number of hydrogen-bond acceptors (Lipinski definition) is 0. The summed E-state index contributed by atoms with van der Waals surface area (Å²) in [6, 6.07) is 12.1. The second-order valence-electron chi connectivity index (χ2n) is 2.89. The third-order valence-electron chi connectivity index (χ3n) is 2.12. The summed E-state index contributed by atoms with van der Waals surface area (Å²) < 4.78 is 0. The van der Waals surface area contributed by atoms with E-state index in [4.69, 9.17) is 11.6 Å². The van der Waals surface area contributed by atoms with Crippen molar-refractivity contribution >= 4 is 28.4 Å². The standard InChI is InChI=1S/C12H9Cl/c1-2-10-11-6-4-3-5-9(11)7-8-12(10)13/h2-8H,1H2. The monoisotopic (exact) mass is 188 g/mol. The molecule has 0 fully saturated rings. The first-order chi connectivity index (χ1) is 6.33. The highest BCUT2D eigenvalue weighted by Gasteiger charge is 2.00. The number of rotatable bonds is 1. The quantitative estimate of drug-likeness (QED) is 0.631. The van der Waals surface area contributed by atoms with Gasteiger partial charge in [0.25, 0.3) is 0 Å². The summed E-state index contributed by atoms with van der Waals surface area (Å²) in [5.74, 6) is 0. The summed E-state index contributed by atoms with van der Waals surface area (Å²) in [5, 5.41) is 3.11. The molecule has 13 heavy (non-hydrogen) atoms. The van der Waals surface area contributed by atoms with Gasteiger partial charge in [-0.1, -0.05) is 54.6 Å². The van der Waals surface area contributed by atoms with Crippen molar-refractivity contribution in [1.82, 2.24) is 0 Å². The van der Waals surface area contributed by atoms with Crippen molar-refractivity contribution in [3.63, 3.8) is 0 Å². The van der Waals surface area contributed by atoms with Crippen LogP contribution in [-0.2, 0) is 0 Å². The minimum absolute atomic E-state index is 0.758. The number of hydrogen-bond donors (Lipinski definition) is 0. The van der Waals surface area contributed by atoms with E-state index in [9.17, 15) is 0 Å². The van der Waals surface area contributed by atoms with Gasteiger partial charge in [0, 0.05) is 10.6 Å². The first kappa shape index (κ1) is 8.33. The highest BCUT2D eigenvalue weighted by molar-refractivity contribution is 6.33. The molecule has 0 spiro atoms. The molecule has 0 bridgehead atoms. The molecule has 2 aromatic carbocycles. The summed E-state index contributed by atoms with van der Waals surface area (Å²) in [4.78, 5) is 0. The van der Waals surface area contributed by atoms with Crippen LogP contribution in [-0.4, -0.2) is 0 Å². The van der Waals surface area contributed by atoms with Crippen molar-refractivity contribution in [2.45, 2.75) is 0 Å². The zero-order valence-electron chi connectivity index (χ0n) is 7.13. The van der Waals surface area contributed by atoms with Gasteiger partial charge in [-0.3, -0.25) is 0 Å². The van der Waals surface area contributed by atoms with Gasteiger partial charge in [-0.2, -0.15) is 0 Å². The average molecular weight is 189 g/mol. The van der Waals surface area contributed by atoms with Gasteiger partial charge in [0.15, 0.2) is 0 Å².